The largest absolute Gasteiger partial charge is 0.466 e. The highest BCUT2D eigenvalue weighted by Crippen LogP contribution is 2.18. The lowest BCUT2D eigenvalue weighted by Gasteiger charge is -2.22. The molecule has 3 N–H and O–H groups in total. The Morgan fingerprint density at radius 3 is 1.07 bits per heavy atom. The Morgan fingerprint density at radius 2 is 0.691 bits per heavy atom. The summed E-state index contributed by atoms with van der Waals surface area (Å²) in [4.78, 5) is 24.5. The van der Waals surface area contributed by atoms with Crippen LogP contribution in [0.15, 0.2) is 24.3 Å². The van der Waals surface area contributed by atoms with E-state index in [4.69, 9.17) is 4.74 Å². The number of unbranched alkanes of at least 4 members (excludes halogenated alkanes) is 42. The standard InChI is InChI=1S/C62H119NO5/c1-3-5-7-9-11-13-15-17-18-19-20-21-22-23-25-28-31-34-38-42-46-50-54-60(65)59(58-64)63-61(66)55-51-47-43-39-35-32-29-26-24-27-30-33-37-41-45-49-53-57-68-62(67)56-52-48-44-40-36-16-14-12-10-8-6-4-2/h12,14,24,27,59-60,64-65H,3-11,13,15-23,25-26,28-58H2,1-2H3,(H,63,66)/b14-12-,27-24-. The highest BCUT2D eigenvalue weighted by Gasteiger charge is 2.20. The SMILES string of the molecule is CCCCC/C=C\CCCCCCCC(=O)OCCCCCCCC/C=C\CCCCCCCCCC(=O)NC(CO)C(O)CCCCCCCCCCCCCCCCCCCCCCCC. The van der Waals surface area contributed by atoms with Crippen molar-refractivity contribution in [3.8, 4) is 0 Å². The molecule has 0 aliphatic rings. The van der Waals surface area contributed by atoms with Crippen molar-refractivity contribution < 1.29 is 24.5 Å². The van der Waals surface area contributed by atoms with Gasteiger partial charge in [-0.2, -0.15) is 0 Å². The van der Waals surface area contributed by atoms with Gasteiger partial charge in [-0.1, -0.05) is 269 Å². The van der Waals surface area contributed by atoms with Crippen molar-refractivity contribution >= 4 is 11.9 Å². The Bertz CT molecular complexity index is 1060. The molecule has 68 heavy (non-hydrogen) atoms. The van der Waals surface area contributed by atoms with Crippen molar-refractivity contribution in [1.29, 1.82) is 0 Å². The normalized spacial score (nSPS) is 12.7. The van der Waals surface area contributed by atoms with Crippen LogP contribution in [0, 0.1) is 0 Å². The summed E-state index contributed by atoms with van der Waals surface area (Å²) >= 11 is 0. The first-order valence-corrected chi connectivity index (χ1v) is 30.6. The zero-order valence-electron chi connectivity index (χ0n) is 45.9. The van der Waals surface area contributed by atoms with Crippen molar-refractivity contribution in [1.82, 2.24) is 5.32 Å². The zero-order chi connectivity index (χ0) is 49.3. The molecule has 402 valence electrons. The van der Waals surface area contributed by atoms with Crippen molar-refractivity contribution in [2.45, 2.75) is 347 Å². The van der Waals surface area contributed by atoms with Crippen molar-refractivity contribution in [3.63, 3.8) is 0 Å². The van der Waals surface area contributed by atoms with Crippen LogP contribution >= 0.6 is 0 Å². The number of hydrogen-bond acceptors (Lipinski definition) is 5. The van der Waals surface area contributed by atoms with Gasteiger partial charge in [0, 0.05) is 12.8 Å². The number of carbonyl (C=O) groups excluding carboxylic acids is 2. The second-order valence-electron chi connectivity index (χ2n) is 21.0. The number of aliphatic hydroxyl groups is 2. The Labute approximate surface area is 424 Å². The fourth-order valence-corrected chi connectivity index (χ4v) is 9.51. The van der Waals surface area contributed by atoms with Crippen molar-refractivity contribution in [3.05, 3.63) is 24.3 Å². The van der Waals surface area contributed by atoms with E-state index >= 15 is 0 Å². The first-order chi connectivity index (χ1) is 33.5. The minimum Gasteiger partial charge on any atom is -0.466 e. The van der Waals surface area contributed by atoms with Gasteiger partial charge in [-0.3, -0.25) is 9.59 Å². The van der Waals surface area contributed by atoms with Crippen LogP contribution < -0.4 is 5.32 Å². The van der Waals surface area contributed by atoms with Gasteiger partial charge in [-0.15, -0.1) is 0 Å². The molecule has 2 atom stereocenters. The van der Waals surface area contributed by atoms with Gasteiger partial charge in [0.15, 0.2) is 0 Å². The number of ether oxygens (including phenoxy) is 1. The van der Waals surface area contributed by atoms with E-state index in [9.17, 15) is 19.8 Å². The molecule has 0 aromatic heterocycles. The summed E-state index contributed by atoms with van der Waals surface area (Å²) in [5.74, 6) is -0.0554. The van der Waals surface area contributed by atoms with E-state index in [1.54, 1.807) is 0 Å². The molecule has 0 aliphatic carbocycles. The summed E-state index contributed by atoms with van der Waals surface area (Å²) in [6, 6.07) is -0.551. The van der Waals surface area contributed by atoms with Crippen LogP contribution in [0.1, 0.15) is 335 Å². The highest BCUT2D eigenvalue weighted by molar-refractivity contribution is 5.76. The first-order valence-electron chi connectivity index (χ1n) is 30.6. The molecular formula is C62H119NO5. The molecule has 0 saturated heterocycles. The predicted molar refractivity (Wildman–Crippen MR) is 296 cm³/mol. The third-order valence-electron chi connectivity index (χ3n) is 14.2. The van der Waals surface area contributed by atoms with E-state index in [1.807, 2.05) is 0 Å². The Morgan fingerprint density at radius 1 is 0.397 bits per heavy atom. The first kappa shape index (κ1) is 66.3. The maximum absolute atomic E-state index is 12.5. The molecule has 0 saturated carbocycles. The number of esters is 1. The van der Waals surface area contributed by atoms with Gasteiger partial charge >= 0.3 is 5.97 Å². The fourth-order valence-electron chi connectivity index (χ4n) is 9.51. The van der Waals surface area contributed by atoms with Crippen LogP contribution in [0.3, 0.4) is 0 Å². The van der Waals surface area contributed by atoms with Gasteiger partial charge in [0.05, 0.1) is 25.4 Å². The lowest BCUT2D eigenvalue weighted by Crippen LogP contribution is -2.45. The number of nitrogens with one attached hydrogen (secondary N) is 1. The van der Waals surface area contributed by atoms with Gasteiger partial charge in [0.1, 0.15) is 0 Å². The van der Waals surface area contributed by atoms with Crippen molar-refractivity contribution in [2.24, 2.45) is 0 Å². The molecule has 0 spiro atoms. The summed E-state index contributed by atoms with van der Waals surface area (Å²) in [6.07, 6.45) is 70.3. The Kier molecular flexibility index (Phi) is 56.5. The van der Waals surface area contributed by atoms with E-state index in [1.165, 1.54) is 244 Å². The van der Waals surface area contributed by atoms with Crippen LogP contribution in [0.4, 0.5) is 0 Å². The molecule has 0 aromatic carbocycles. The molecule has 0 fully saturated rings. The zero-order valence-corrected chi connectivity index (χ0v) is 45.9. The second-order valence-corrected chi connectivity index (χ2v) is 21.0. The molecule has 0 aliphatic heterocycles. The lowest BCUT2D eigenvalue weighted by molar-refractivity contribution is -0.143. The molecule has 1 amide bonds. The summed E-state index contributed by atoms with van der Waals surface area (Å²) < 4.78 is 5.45. The number of hydrogen-bond donors (Lipinski definition) is 3. The van der Waals surface area contributed by atoms with E-state index in [0.29, 0.717) is 25.9 Å². The minimum atomic E-state index is -0.673. The Hall–Kier alpha value is -1.66. The monoisotopic (exact) mass is 958 g/mol. The molecule has 6 nitrogen and oxygen atoms in total. The average Bonchev–Trinajstić information content (AvgIpc) is 3.34. The number of aliphatic hydroxyl groups excluding tert-OH is 2. The molecule has 0 radical (unpaired) electrons. The molecule has 0 heterocycles. The number of rotatable bonds is 57. The van der Waals surface area contributed by atoms with Gasteiger partial charge in [0.2, 0.25) is 5.91 Å². The molecule has 0 rings (SSSR count). The van der Waals surface area contributed by atoms with E-state index in [2.05, 4.69) is 43.5 Å². The average molecular weight is 959 g/mol. The van der Waals surface area contributed by atoms with Crippen LogP contribution in [-0.4, -0.2) is 47.4 Å². The lowest BCUT2D eigenvalue weighted by atomic mass is 10.0. The van der Waals surface area contributed by atoms with Crippen LogP contribution in [0.2, 0.25) is 0 Å². The topological polar surface area (TPSA) is 95.9 Å². The summed E-state index contributed by atoms with van der Waals surface area (Å²) in [5.41, 5.74) is 0. The maximum atomic E-state index is 12.5. The maximum Gasteiger partial charge on any atom is 0.305 e. The van der Waals surface area contributed by atoms with Crippen molar-refractivity contribution in [2.75, 3.05) is 13.2 Å². The minimum absolute atomic E-state index is 0.0113. The summed E-state index contributed by atoms with van der Waals surface area (Å²) in [5, 5.41) is 23.4. The van der Waals surface area contributed by atoms with Gasteiger partial charge in [-0.25, -0.2) is 0 Å². The fraction of sp³-hybridized carbons (Fsp3) is 0.903. The van der Waals surface area contributed by atoms with Gasteiger partial charge in [0.25, 0.3) is 0 Å². The molecular weight excluding hydrogens is 839 g/mol. The smallest absolute Gasteiger partial charge is 0.305 e. The van der Waals surface area contributed by atoms with Crippen LogP contribution in [0.5, 0.6) is 0 Å². The van der Waals surface area contributed by atoms with E-state index in [-0.39, 0.29) is 18.5 Å². The molecule has 2 unspecified atom stereocenters. The third kappa shape index (κ3) is 53.7. The second kappa shape index (κ2) is 57.9. The quantitative estimate of drug-likeness (QED) is 0.0321. The molecule has 6 heteroatoms. The van der Waals surface area contributed by atoms with Gasteiger partial charge in [-0.05, 0) is 77.0 Å². The van der Waals surface area contributed by atoms with E-state index in [0.717, 1.165) is 57.8 Å². The summed E-state index contributed by atoms with van der Waals surface area (Å²) in [6.45, 7) is 4.93. The number of carbonyl (C=O) groups is 2. The van der Waals surface area contributed by atoms with E-state index < -0.39 is 12.1 Å². The number of amides is 1. The predicted octanol–water partition coefficient (Wildman–Crippen LogP) is 19.0. The third-order valence-corrected chi connectivity index (χ3v) is 14.2. The highest BCUT2D eigenvalue weighted by atomic mass is 16.5. The van der Waals surface area contributed by atoms with Crippen LogP contribution in [0.25, 0.3) is 0 Å². The van der Waals surface area contributed by atoms with Gasteiger partial charge < -0.3 is 20.3 Å². The van der Waals surface area contributed by atoms with Crippen LogP contribution in [-0.2, 0) is 14.3 Å². The summed E-state index contributed by atoms with van der Waals surface area (Å²) in [7, 11) is 0. The Balaban J connectivity index is 3.46. The number of allylic oxidation sites excluding steroid dienone is 4. The molecule has 0 aromatic rings. The molecule has 0 bridgehead atoms.